The van der Waals surface area contributed by atoms with Gasteiger partial charge in [-0.15, -0.1) is 0 Å². The second kappa shape index (κ2) is 6.22. The summed E-state index contributed by atoms with van der Waals surface area (Å²) in [5, 5.41) is 0.768. The predicted octanol–water partition coefficient (Wildman–Crippen LogP) is 4.98. The van der Waals surface area contributed by atoms with Crippen LogP contribution < -0.4 is 0 Å². The molecule has 0 aromatic heterocycles. The fraction of sp³-hybridized carbons (Fsp3) is 0.650. The Balaban J connectivity index is 1.51. The zero-order chi connectivity index (χ0) is 15.9. The topological polar surface area (TPSA) is 20.3 Å². The van der Waals surface area contributed by atoms with E-state index in [4.69, 9.17) is 11.6 Å². The molecule has 1 aliphatic heterocycles. The molecule has 0 unspecified atom stereocenters. The van der Waals surface area contributed by atoms with Crippen molar-refractivity contribution in [2.45, 2.75) is 69.2 Å². The van der Waals surface area contributed by atoms with Crippen molar-refractivity contribution in [3.05, 3.63) is 34.3 Å². The Labute approximate surface area is 144 Å². The molecule has 0 N–H and O–H groups in total. The monoisotopic (exact) mass is 331 g/mol. The van der Waals surface area contributed by atoms with Gasteiger partial charge in [0.1, 0.15) is 0 Å². The van der Waals surface area contributed by atoms with Gasteiger partial charge >= 0.3 is 0 Å². The number of halogens is 1. The lowest BCUT2D eigenvalue weighted by molar-refractivity contribution is 0.0866. The number of hydrogen-bond donors (Lipinski definition) is 0. The molecule has 1 saturated heterocycles. The highest BCUT2D eigenvalue weighted by Crippen LogP contribution is 2.47. The third-order valence-corrected chi connectivity index (χ3v) is 6.68. The van der Waals surface area contributed by atoms with Crippen molar-refractivity contribution in [3.63, 3.8) is 0 Å². The van der Waals surface area contributed by atoms with Gasteiger partial charge in [0.25, 0.3) is 0 Å². The summed E-state index contributed by atoms with van der Waals surface area (Å²) in [4.78, 5) is 15.1. The summed E-state index contributed by atoms with van der Waals surface area (Å²) in [6.07, 6.45) is 11.3. The number of hydrogen-bond acceptors (Lipinski definition) is 2. The summed E-state index contributed by atoms with van der Waals surface area (Å²) < 4.78 is 0. The molecule has 1 saturated carbocycles. The van der Waals surface area contributed by atoms with Crippen molar-refractivity contribution in [1.82, 2.24) is 4.90 Å². The van der Waals surface area contributed by atoms with Gasteiger partial charge in [0.15, 0.2) is 5.78 Å². The van der Waals surface area contributed by atoms with Crippen LogP contribution in [0.5, 0.6) is 0 Å². The smallest absolute Gasteiger partial charge is 0.164 e. The molecule has 2 aliphatic carbocycles. The van der Waals surface area contributed by atoms with Gasteiger partial charge in [-0.3, -0.25) is 4.79 Å². The third-order valence-electron chi connectivity index (χ3n) is 6.45. The van der Waals surface area contributed by atoms with Crippen LogP contribution in [0, 0.1) is 0 Å². The highest BCUT2D eigenvalue weighted by atomic mass is 35.5. The molecule has 1 spiro atoms. The lowest BCUT2D eigenvalue weighted by Gasteiger charge is -2.43. The number of nitrogens with zero attached hydrogens (tertiary/aromatic N) is 1. The molecular weight excluding hydrogens is 306 g/mol. The van der Waals surface area contributed by atoms with Gasteiger partial charge in [-0.2, -0.15) is 0 Å². The fourth-order valence-corrected chi connectivity index (χ4v) is 5.25. The molecule has 0 atom stereocenters. The minimum atomic E-state index is 0.0680. The van der Waals surface area contributed by atoms with E-state index in [0.717, 1.165) is 42.6 Å². The molecule has 124 valence electrons. The number of piperidine rings is 1. The van der Waals surface area contributed by atoms with E-state index in [1.54, 1.807) is 0 Å². The molecule has 0 amide bonds. The highest BCUT2D eigenvalue weighted by molar-refractivity contribution is 6.30. The molecule has 1 aromatic rings. The summed E-state index contributed by atoms with van der Waals surface area (Å²) in [6, 6.07) is 6.64. The van der Waals surface area contributed by atoms with Crippen molar-refractivity contribution >= 4 is 17.4 Å². The van der Waals surface area contributed by atoms with Gasteiger partial charge in [-0.1, -0.05) is 37.3 Å². The quantitative estimate of drug-likeness (QED) is 0.676. The summed E-state index contributed by atoms with van der Waals surface area (Å²) in [5.74, 6) is 0.319. The van der Waals surface area contributed by atoms with Gasteiger partial charge in [-0.05, 0) is 62.5 Å². The van der Waals surface area contributed by atoms with Crippen molar-refractivity contribution in [1.29, 1.82) is 0 Å². The van der Waals surface area contributed by atoms with Gasteiger partial charge in [0.05, 0.1) is 0 Å². The summed E-state index contributed by atoms with van der Waals surface area (Å²) >= 11 is 6.22. The van der Waals surface area contributed by atoms with E-state index in [1.807, 2.05) is 12.1 Å². The van der Waals surface area contributed by atoms with E-state index in [0.29, 0.717) is 12.2 Å². The van der Waals surface area contributed by atoms with E-state index >= 15 is 0 Å². The first-order valence-corrected chi connectivity index (χ1v) is 9.63. The minimum Gasteiger partial charge on any atom is -0.300 e. The van der Waals surface area contributed by atoms with Crippen molar-refractivity contribution in [3.8, 4) is 0 Å². The summed E-state index contributed by atoms with van der Waals surface area (Å²) in [6.45, 7) is 2.29. The number of rotatable bonds is 1. The van der Waals surface area contributed by atoms with Crippen LogP contribution in [0.1, 0.15) is 73.7 Å². The number of Topliss-reactive ketones (excluding diaryl/α,β-unsaturated/α-hetero) is 1. The SMILES string of the molecule is O=C1CC2(CCN(C3CCCCCC3)CC2)c2cc(Cl)ccc21. The molecule has 1 heterocycles. The number of likely N-dealkylation sites (tertiary alicyclic amines) is 1. The second-order valence-corrected chi connectivity index (χ2v) is 8.19. The van der Waals surface area contributed by atoms with Gasteiger partial charge in [0, 0.05) is 28.5 Å². The van der Waals surface area contributed by atoms with Gasteiger partial charge in [0.2, 0.25) is 0 Å². The largest absolute Gasteiger partial charge is 0.300 e. The van der Waals surface area contributed by atoms with Gasteiger partial charge < -0.3 is 4.90 Å². The Morgan fingerprint density at radius 1 is 1.04 bits per heavy atom. The molecule has 2 fully saturated rings. The maximum absolute atomic E-state index is 12.4. The van der Waals surface area contributed by atoms with E-state index in [-0.39, 0.29) is 5.41 Å². The maximum atomic E-state index is 12.4. The van der Waals surface area contributed by atoms with Crippen LogP contribution in [0.2, 0.25) is 5.02 Å². The molecule has 4 rings (SSSR count). The zero-order valence-corrected chi connectivity index (χ0v) is 14.6. The Morgan fingerprint density at radius 2 is 1.74 bits per heavy atom. The Kier molecular flexibility index (Phi) is 4.23. The fourth-order valence-electron chi connectivity index (χ4n) is 5.08. The number of benzene rings is 1. The standard InChI is InChI=1S/C20H26ClNO/c21-15-7-8-17-18(13-15)20(14-19(17)23)9-11-22(12-10-20)16-5-3-1-2-4-6-16/h7-8,13,16H,1-6,9-12,14H2. The molecular formula is C20H26ClNO. The Bertz CT molecular complexity index is 596. The van der Waals surface area contributed by atoms with Crippen LogP contribution in [0.4, 0.5) is 0 Å². The molecule has 0 bridgehead atoms. The van der Waals surface area contributed by atoms with E-state index in [9.17, 15) is 4.79 Å². The summed E-state index contributed by atoms with van der Waals surface area (Å²) in [5.41, 5.74) is 2.23. The maximum Gasteiger partial charge on any atom is 0.164 e. The van der Waals surface area contributed by atoms with E-state index < -0.39 is 0 Å². The zero-order valence-electron chi connectivity index (χ0n) is 13.8. The molecule has 2 nitrogen and oxygen atoms in total. The van der Waals surface area contributed by atoms with Crippen LogP contribution in [-0.4, -0.2) is 29.8 Å². The number of fused-ring (bicyclic) bond motifs is 2. The van der Waals surface area contributed by atoms with E-state index in [2.05, 4.69) is 11.0 Å². The van der Waals surface area contributed by atoms with Crippen molar-refractivity contribution in [2.75, 3.05) is 13.1 Å². The summed E-state index contributed by atoms with van der Waals surface area (Å²) in [7, 11) is 0. The molecule has 1 aromatic carbocycles. The molecule has 3 aliphatic rings. The third kappa shape index (κ3) is 2.85. The number of carbonyl (C=O) groups excluding carboxylic acids is 1. The van der Waals surface area contributed by atoms with Crippen molar-refractivity contribution < 1.29 is 4.79 Å². The van der Waals surface area contributed by atoms with Crippen molar-refractivity contribution in [2.24, 2.45) is 0 Å². The number of carbonyl (C=O) groups is 1. The lowest BCUT2D eigenvalue weighted by atomic mass is 9.73. The average Bonchev–Trinajstić information content (AvgIpc) is 2.75. The van der Waals surface area contributed by atoms with Crippen LogP contribution in [0.15, 0.2) is 18.2 Å². The number of ketones is 1. The van der Waals surface area contributed by atoms with Crippen LogP contribution in [-0.2, 0) is 5.41 Å². The van der Waals surface area contributed by atoms with Crippen LogP contribution in [0.3, 0.4) is 0 Å². The first-order valence-electron chi connectivity index (χ1n) is 9.25. The second-order valence-electron chi connectivity index (χ2n) is 7.75. The lowest BCUT2D eigenvalue weighted by Crippen LogP contribution is -2.46. The predicted molar refractivity (Wildman–Crippen MR) is 94.4 cm³/mol. The minimum absolute atomic E-state index is 0.0680. The van der Waals surface area contributed by atoms with E-state index in [1.165, 1.54) is 44.1 Å². The van der Waals surface area contributed by atoms with Gasteiger partial charge in [-0.25, -0.2) is 0 Å². The molecule has 3 heteroatoms. The van der Waals surface area contributed by atoms with Crippen LogP contribution in [0.25, 0.3) is 0 Å². The normalized spacial score (nSPS) is 25.5. The molecule has 23 heavy (non-hydrogen) atoms. The molecule has 0 radical (unpaired) electrons. The first-order chi connectivity index (χ1) is 11.2. The van der Waals surface area contributed by atoms with Crippen LogP contribution >= 0.6 is 11.6 Å². The Morgan fingerprint density at radius 3 is 2.43 bits per heavy atom. The Hall–Kier alpha value is -0.860. The average molecular weight is 332 g/mol. The highest BCUT2D eigenvalue weighted by Gasteiger charge is 2.45. The first kappa shape index (κ1) is 15.7.